The molecule has 0 saturated carbocycles. The third-order valence-electron chi connectivity index (χ3n) is 3.17. The molecule has 1 amide bonds. The number of carboxylic acid groups (broad SMARTS) is 1. The van der Waals surface area contributed by atoms with E-state index in [2.05, 4.69) is 13.8 Å². The molecular weight excluding hydrogens is 220 g/mol. The quantitative estimate of drug-likeness (QED) is 0.789. The van der Waals surface area contributed by atoms with Gasteiger partial charge >= 0.3 is 5.97 Å². The van der Waals surface area contributed by atoms with E-state index in [0.29, 0.717) is 13.1 Å². The van der Waals surface area contributed by atoms with Crippen LogP contribution in [-0.2, 0) is 9.59 Å². The van der Waals surface area contributed by atoms with Crippen molar-refractivity contribution in [2.75, 3.05) is 26.7 Å². The van der Waals surface area contributed by atoms with Gasteiger partial charge in [0.25, 0.3) is 0 Å². The van der Waals surface area contributed by atoms with Crippen LogP contribution in [-0.4, -0.2) is 59.5 Å². The van der Waals surface area contributed by atoms with Crippen molar-refractivity contribution in [3.05, 3.63) is 0 Å². The predicted octanol–water partition coefficient (Wildman–Crippen LogP) is 0.650. The fourth-order valence-electron chi connectivity index (χ4n) is 2.51. The van der Waals surface area contributed by atoms with E-state index in [-0.39, 0.29) is 17.7 Å². The van der Waals surface area contributed by atoms with Crippen molar-refractivity contribution >= 4 is 11.9 Å². The van der Waals surface area contributed by atoms with E-state index in [1.165, 1.54) is 0 Å². The number of nitrogens with zero attached hydrogens (tertiary/aromatic N) is 2. The third kappa shape index (κ3) is 3.43. The molecule has 5 heteroatoms. The van der Waals surface area contributed by atoms with Gasteiger partial charge in [0.1, 0.15) is 0 Å². The number of hydrogen-bond donors (Lipinski definition) is 1. The van der Waals surface area contributed by atoms with Crippen LogP contribution in [0.5, 0.6) is 0 Å². The number of likely N-dealkylation sites (N-methyl/N-ethyl adjacent to an activating group) is 2. The highest BCUT2D eigenvalue weighted by Crippen LogP contribution is 2.25. The van der Waals surface area contributed by atoms with Crippen LogP contribution in [0.4, 0.5) is 0 Å². The molecule has 0 aromatic carbocycles. The van der Waals surface area contributed by atoms with Gasteiger partial charge in [0.15, 0.2) is 0 Å². The highest BCUT2D eigenvalue weighted by molar-refractivity contribution is 5.86. The molecule has 1 unspecified atom stereocenters. The van der Waals surface area contributed by atoms with Gasteiger partial charge in [0.05, 0.1) is 12.5 Å². The van der Waals surface area contributed by atoms with Crippen LogP contribution in [0.3, 0.4) is 0 Å². The molecular formula is C12H22N2O3. The molecule has 1 heterocycles. The Morgan fingerprint density at radius 1 is 1.47 bits per heavy atom. The van der Waals surface area contributed by atoms with E-state index in [1.807, 2.05) is 18.9 Å². The predicted molar refractivity (Wildman–Crippen MR) is 64.7 cm³/mol. The number of carboxylic acids is 1. The summed E-state index contributed by atoms with van der Waals surface area (Å²) in [6, 6.07) is -0.533. The standard InChI is InChI=1S/C12H22N2O3/c1-5-14-8-12(2,3)7-13(4)9(11(14)17)6-10(15)16/h9H,5-8H2,1-4H3,(H,15,16). The van der Waals surface area contributed by atoms with Gasteiger partial charge in [0.2, 0.25) is 5.91 Å². The minimum Gasteiger partial charge on any atom is -0.481 e. The molecule has 1 aliphatic heterocycles. The first kappa shape index (κ1) is 14.0. The third-order valence-corrected chi connectivity index (χ3v) is 3.17. The van der Waals surface area contributed by atoms with E-state index in [9.17, 15) is 9.59 Å². The first-order valence-corrected chi connectivity index (χ1v) is 5.97. The molecule has 0 aromatic rings. The summed E-state index contributed by atoms with van der Waals surface area (Å²) >= 11 is 0. The monoisotopic (exact) mass is 242 g/mol. The fraction of sp³-hybridized carbons (Fsp3) is 0.833. The molecule has 5 nitrogen and oxygen atoms in total. The molecule has 1 rings (SSSR count). The molecule has 1 aliphatic rings. The number of amides is 1. The van der Waals surface area contributed by atoms with Crippen LogP contribution in [0.2, 0.25) is 0 Å². The minimum absolute atomic E-state index is 0.00628. The SMILES string of the molecule is CCN1CC(C)(C)CN(C)C(CC(=O)O)C1=O. The normalized spacial score (nSPS) is 25.8. The Morgan fingerprint density at radius 2 is 2.06 bits per heavy atom. The Kier molecular flexibility index (Phi) is 4.14. The summed E-state index contributed by atoms with van der Waals surface area (Å²) in [5.74, 6) is -0.992. The molecule has 1 fully saturated rings. The topological polar surface area (TPSA) is 60.9 Å². The fourth-order valence-corrected chi connectivity index (χ4v) is 2.51. The largest absolute Gasteiger partial charge is 0.481 e. The summed E-state index contributed by atoms with van der Waals surface area (Å²) in [5.41, 5.74) is -0.00628. The van der Waals surface area contributed by atoms with E-state index < -0.39 is 12.0 Å². The maximum atomic E-state index is 12.2. The van der Waals surface area contributed by atoms with Gasteiger partial charge in [-0.25, -0.2) is 0 Å². The van der Waals surface area contributed by atoms with Crippen molar-refractivity contribution in [2.45, 2.75) is 33.2 Å². The van der Waals surface area contributed by atoms with Gasteiger partial charge in [-0.15, -0.1) is 0 Å². The second-order valence-electron chi connectivity index (χ2n) is 5.55. The Bertz CT molecular complexity index is 315. The van der Waals surface area contributed by atoms with Crippen LogP contribution in [0.15, 0.2) is 0 Å². The Labute approximate surface area is 102 Å². The molecule has 1 saturated heterocycles. The lowest BCUT2D eigenvalue weighted by atomic mass is 9.92. The number of rotatable bonds is 3. The smallest absolute Gasteiger partial charge is 0.305 e. The summed E-state index contributed by atoms with van der Waals surface area (Å²) in [5, 5.41) is 8.88. The molecule has 17 heavy (non-hydrogen) atoms. The highest BCUT2D eigenvalue weighted by atomic mass is 16.4. The Morgan fingerprint density at radius 3 is 2.53 bits per heavy atom. The maximum Gasteiger partial charge on any atom is 0.305 e. The average molecular weight is 242 g/mol. The van der Waals surface area contributed by atoms with Crippen LogP contribution in [0.1, 0.15) is 27.2 Å². The molecule has 1 atom stereocenters. The van der Waals surface area contributed by atoms with Crippen molar-refractivity contribution in [3.63, 3.8) is 0 Å². The van der Waals surface area contributed by atoms with Gasteiger partial charge in [-0.05, 0) is 19.4 Å². The second-order valence-corrected chi connectivity index (χ2v) is 5.55. The van der Waals surface area contributed by atoms with Crippen molar-refractivity contribution in [3.8, 4) is 0 Å². The van der Waals surface area contributed by atoms with Crippen molar-refractivity contribution in [1.29, 1.82) is 0 Å². The first-order chi connectivity index (χ1) is 7.76. The molecule has 0 bridgehead atoms. The molecule has 0 aliphatic carbocycles. The Hall–Kier alpha value is -1.10. The molecule has 1 N–H and O–H groups in total. The number of carbonyl (C=O) groups excluding carboxylic acids is 1. The average Bonchev–Trinajstić information content (AvgIpc) is 2.26. The lowest BCUT2D eigenvalue weighted by Crippen LogP contribution is -2.45. The Balaban J connectivity index is 2.95. The summed E-state index contributed by atoms with van der Waals surface area (Å²) in [6.45, 7) is 8.17. The van der Waals surface area contributed by atoms with Crippen LogP contribution >= 0.6 is 0 Å². The summed E-state index contributed by atoms with van der Waals surface area (Å²) in [7, 11) is 1.83. The summed E-state index contributed by atoms with van der Waals surface area (Å²) in [4.78, 5) is 26.7. The number of carbonyl (C=O) groups is 2. The molecule has 0 radical (unpaired) electrons. The van der Waals surface area contributed by atoms with Crippen LogP contribution in [0, 0.1) is 5.41 Å². The van der Waals surface area contributed by atoms with Crippen LogP contribution < -0.4 is 0 Å². The lowest BCUT2D eigenvalue weighted by molar-refractivity contribution is -0.144. The molecule has 98 valence electrons. The number of hydrogen-bond acceptors (Lipinski definition) is 3. The zero-order valence-electron chi connectivity index (χ0n) is 11.1. The van der Waals surface area contributed by atoms with Gasteiger partial charge < -0.3 is 10.0 Å². The van der Waals surface area contributed by atoms with Gasteiger partial charge in [-0.1, -0.05) is 13.8 Å². The van der Waals surface area contributed by atoms with E-state index in [0.717, 1.165) is 6.54 Å². The lowest BCUT2D eigenvalue weighted by Gasteiger charge is -2.29. The highest BCUT2D eigenvalue weighted by Gasteiger charge is 2.38. The first-order valence-electron chi connectivity index (χ1n) is 5.97. The van der Waals surface area contributed by atoms with Crippen LogP contribution in [0.25, 0.3) is 0 Å². The summed E-state index contributed by atoms with van der Waals surface area (Å²) < 4.78 is 0. The number of aliphatic carboxylic acids is 1. The van der Waals surface area contributed by atoms with Crippen molar-refractivity contribution < 1.29 is 14.7 Å². The van der Waals surface area contributed by atoms with E-state index in [1.54, 1.807) is 4.90 Å². The minimum atomic E-state index is -0.925. The maximum absolute atomic E-state index is 12.2. The second kappa shape index (κ2) is 5.04. The van der Waals surface area contributed by atoms with E-state index >= 15 is 0 Å². The zero-order valence-corrected chi connectivity index (χ0v) is 11.1. The van der Waals surface area contributed by atoms with E-state index in [4.69, 9.17) is 5.11 Å². The molecule has 0 aromatic heterocycles. The van der Waals surface area contributed by atoms with Gasteiger partial charge in [-0.2, -0.15) is 0 Å². The van der Waals surface area contributed by atoms with Crippen molar-refractivity contribution in [1.82, 2.24) is 9.80 Å². The zero-order chi connectivity index (χ0) is 13.2. The van der Waals surface area contributed by atoms with Crippen molar-refractivity contribution in [2.24, 2.45) is 5.41 Å². The summed E-state index contributed by atoms with van der Waals surface area (Å²) in [6.07, 6.45) is -0.123. The van der Waals surface area contributed by atoms with Gasteiger partial charge in [0, 0.05) is 19.6 Å². The molecule has 0 spiro atoms. The van der Waals surface area contributed by atoms with Gasteiger partial charge in [-0.3, -0.25) is 14.5 Å².